The normalized spacial score (nSPS) is 15.7. The summed E-state index contributed by atoms with van der Waals surface area (Å²) >= 11 is 0. The average molecular weight is 444 g/mol. The molecule has 0 saturated carbocycles. The van der Waals surface area contributed by atoms with Crippen LogP contribution in [-0.4, -0.2) is 50.5 Å². The van der Waals surface area contributed by atoms with Gasteiger partial charge in [0, 0.05) is 5.56 Å². The van der Waals surface area contributed by atoms with E-state index in [4.69, 9.17) is 14.0 Å². The number of hydrogen-bond donors (Lipinski definition) is 1. The van der Waals surface area contributed by atoms with Gasteiger partial charge in [-0.2, -0.15) is 4.98 Å². The lowest BCUT2D eigenvalue weighted by atomic mass is 10.2. The van der Waals surface area contributed by atoms with Crippen LogP contribution in [0.3, 0.4) is 0 Å². The van der Waals surface area contributed by atoms with Crippen molar-refractivity contribution >= 4 is 21.6 Å². The van der Waals surface area contributed by atoms with E-state index in [1.165, 1.54) is 0 Å². The number of benzene rings is 2. The van der Waals surface area contributed by atoms with E-state index in [2.05, 4.69) is 15.5 Å². The number of hydrogen-bond acceptors (Lipinski definition) is 8. The number of fused-ring (bicyclic) bond motifs is 1. The highest BCUT2D eigenvalue weighted by atomic mass is 32.2. The third-order valence-electron chi connectivity index (χ3n) is 4.64. The van der Waals surface area contributed by atoms with E-state index in [9.17, 15) is 13.2 Å². The summed E-state index contributed by atoms with van der Waals surface area (Å²) in [6, 6.07) is 13.8. The zero-order valence-corrected chi connectivity index (χ0v) is 17.6. The minimum absolute atomic E-state index is 0.0316. The molecule has 3 aromatic rings. The van der Waals surface area contributed by atoms with E-state index in [1.54, 1.807) is 49.6 Å². The lowest BCUT2D eigenvalue weighted by Crippen LogP contribution is -2.50. The molecule has 1 aliphatic rings. The highest BCUT2D eigenvalue weighted by Crippen LogP contribution is 2.34. The molecule has 1 aliphatic heterocycles. The van der Waals surface area contributed by atoms with Crippen LogP contribution in [-0.2, 0) is 21.4 Å². The molecule has 0 saturated heterocycles. The Balaban J connectivity index is 1.44. The molecule has 0 radical (unpaired) electrons. The standard InChI is InChI=1S/C20H20N4O6S/c1-28-14-7-5-6-13(10-14)19-22-18(30-23-19)11-21-20(25)17-12-24(31(2,26)27)15-8-3-4-9-16(15)29-17/h3-10,17H,11-12H2,1-2H3,(H,21,25)/t17-/m0/s1. The summed E-state index contributed by atoms with van der Waals surface area (Å²) in [5, 5.41) is 6.57. The third-order valence-corrected chi connectivity index (χ3v) is 5.78. The molecule has 1 N–H and O–H groups in total. The highest BCUT2D eigenvalue weighted by molar-refractivity contribution is 7.92. The zero-order valence-electron chi connectivity index (χ0n) is 16.8. The molecule has 2 aromatic carbocycles. The van der Waals surface area contributed by atoms with Gasteiger partial charge in [0.15, 0.2) is 6.10 Å². The van der Waals surface area contributed by atoms with Gasteiger partial charge in [0.1, 0.15) is 11.5 Å². The van der Waals surface area contributed by atoms with Crippen molar-refractivity contribution in [3.05, 3.63) is 54.4 Å². The molecule has 1 amide bonds. The molecular formula is C20H20N4O6S. The van der Waals surface area contributed by atoms with Gasteiger partial charge in [-0.1, -0.05) is 29.4 Å². The van der Waals surface area contributed by atoms with Crippen molar-refractivity contribution in [3.8, 4) is 22.9 Å². The van der Waals surface area contributed by atoms with Crippen LogP contribution in [0.5, 0.6) is 11.5 Å². The minimum Gasteiger partial charge on any atom is -0.497 e. The first-order valence-electron chi connectivity index (χ1n) is 9.33. The quantitative estimate of drug-likeness (QED) is 0.608. The Morgan fingerprint density at radius 3 is 2.84 bits per heavy atom. The summed E-state index contributed by atoms with van der Waals surface area (Å²) in [5.74, 6) is 1.03. The molecule has 2 heterocycles. The first kappa shape index (κ1) is 20.7. The van der Waals surface area contributed by atoms with E-state index < -0.39 is 22.0 Å². The topological polar surface area (TPSA) is 124 Å². The molecule has 162 valence electrons. The fourth-order valence-corrected chi connectivity index (χ4v) is 4.05. The average Bonchev–Trinajstić information content (AvgIpc) is 3.25. The lowest BCUT2D eigenvalue weighted by Gasteiger charge is -2.33. The lowest BCUT2D eigenvalue weighted by molar-refractivity contribution is -0.128. The Hall–Kier alpha value is -3.60. The maximum Gasteiger partial charge on any atom is 0.263 e. The molecule has 10 nitrogen and oxygen atoms in total. The van der Waals surface area contributed by atoms with Gasteiger partial charge < -0.3 is 19.3 Å². The summed E-state index contributed by atoms with van der Waals surface area (Å²) < 4.78 is 41.6. The van der Waals surface area contributed by atoms with Crippen molar-refractivity contribution < 1.29 is 27.2 Å². The number of nitrogens with one attached hydrogen (secondary N) is 1. The van der Waals surface area contributed by atoms with E-state index in [0.29, 0.717) is 28.6 Å². The second-order valence-electron chi connectivity index (χ2n) is 6.83. The monoisotopic (exact) mass is 444 g/mol. The zero-order chi connectivity index (χ0) is 22.0. The Morgan fingerprint density at radius 1 is 1.26 bits per heavy atom. The van der Waals surface area contributed by atoms with Gasteiger partial charge in [0.05, 0.1) is 32.1 Å². The van der Waals surface area contributed by atoms with Crippen molar-refractivity contribution in [1.82, 2.24) is 15.5 Å². The molecule has 0 unspecified atom stereocenters. The third kappa shape index (κ3) is 4.45. The second-order valence-corrected chi connectivity index (χ2v) is 8.74. The van der Waals surface area contributed by atoms with Crippen molar-refractivity contribution in [2.24, 2.45) is 0 Å². The molecule has 1 aromatic heterocycles. The second kappa shape index (κ2) is 8.26. The molecule has 11 heteroatoms. The van der Waals surface area contributed by atoms with Gasteiger partial charge in [0.2, 0.25) is 21.7 Å². The van der Waals surface area contributed by atoms with Crippen LogP contribution >= 0.6 is 0 Å². The number of carbonyl (C=O) groups is 1. The molecule has 0 spiro atoms. The smallest absolute Gasteiger partial charge is 0.263 e. The van der Waals surface area contributed by atoms with Crippen molar-refractivity contribution in [2.45, 2.75) is 12.6 Å². The van der Waals surface area contributed by atoms with Crippen molar-refractivity contribution in [3.63, 3.8) is 0 Å². The summed E-state index contributed by atoms with van der Waals surface area (Å²) in [6.07, 6.45) is 0.0631. The van der Waals surface area contributed by atoms with Crippen LogP contribution in [0.2, 0.25) is 0 Å². The summed E-state index contributed by atoms with van der Waals surface area (Å²) in [4.78, 5) is 16.9. The van der Waals surface area contributed by atoms with E-state index >= 15 is 0 Å². The number of amides is 1. The van der Waals surface area contributed by atoms with Crippen LogP contribution in [0, 0.1) is 0 Å². The van der Waals surface area contributed by atoms with Gasteiger partial charge >= 0.3 is 0 Å². The van der Waals surface area contributed by atoms with E-state index in [0.717, 1.165) is 10.6 Å². The van der Waals surface area contributed by atoms with E-state index in [1.807, 2.05) is 6.07 Å². The van der Waals surface area contributed by atoms with Crippen molar-refractivity contribution in [2.75, 3.05) is 24.2 Å². The van der Waals surface area contributed by atoms with Crippen LogP contribution in [0.25, 0.3) is 11.4 Å². The van der Waals surface area contributed by atoms with E-state index in [-0.39, 0.29) is 19.0 Å². The summed E-state index contributed by atoms with van der Waals surface area (Å²) in [6.45, 7) is -0.170. The first-order valence-corrected chi connectivity index (χ1v) is 11.2. The Bertz CT molecular complexity index is 1210. The van der Waals surface area contributed by atoms with Crippen LogP contribution in [0.15, 0.2) is 53.1 Å². The largest absolute Gasteiger partial charge is 0.497 e. The maximum absolute atomic E-state index is 12.7. The molecule has 1 atom stereocenters. The Kier molecular flexibility index (Phi) is 5.51. The number of carbonyl (C=O) groups excluding carboxylic acids is 1. The number of sulfonamides is 1. The molecule has 0 bridgehead atoms. The van der Waals surface area contributed by atoms with Crippen LogP contribution in [0.1, 0.15) is 5.89 Å². The number of methoxy groups -OCH3 is 1. The molecular weight excluding hydrogens is 424 g/mol. The SMILES string of the molecule is COc1cccc(-c2noc(CNC(=O)[C@@H]3CN(S(C)(=O)=O)c4ccccc4O3)n2)c1. The van der Waals surface area contributed by atoms with Gasteiger partial charge in [-0.05, 0) is 24.3 Å². The van der Waals surface area contributed by atoms with Gasteiger partial charge in [-0.15, -0.1) is 0 Å². The summed E-state index contributed by atoms with van der Waals surface area (Å²) in [7, 11) is -2.02. The highest BCUT2D eigenvalue weighted by Gasteiger charge is 2.34. The Labute approximate surface area is 178 Å². The number of para-hydroxylation sites is 2. The molecule has 4 rings (SSSR count). The molecule has 31 heavy (non-hydrogen) atoms. The molecule has 0 fully saturated rings. The minimum atomic E-state index is -3.58. The van der Waals surface area contributed by atoms with Crippen LogP contribution in [0.4, 0.5) is 5.69 Å². The van der Waals surface area contributed by atoms with Crippen LogP contribution < -0.4 is 19.1 Å². The number of aromatic nitrogens is 2. The number of nitrogens with zero attached hydrogens (tertiary/aromatic N) is 3. The van der Waals surface area contributed by atoms with Gasteiger partial charge in [0.25, 0.3) is 5.91 Å². The van der Waals surface area contributed by atoms with Gasteiger partial charge in [-0.25, -0.2) is 8.42 Å². The maximum atomic E-state index is 12.7. The number of rotatable bonds is 6. The first-order chi connectivity index (χ1) is 14.8. The molecule has 0 aliphatic carbocycles. The number of ether oxygens (including phenoxy) is 2. The fraction of sp³-hybridized carbons (Fsp3) is 0.250. The summed E-state index contributed by atoms with van der Waals surface area (Å²) in [5.41, 5.74) is 1.10. The van der Waals surface area contributed by atoms with Gasteiger partial charge in [-0.3, -0.25) is 9.10 Å². The Morgan fingerprint density at radius 2 is 2.06 bits per heavy atom. The predicted molar refractivity (Wildman–Crippen MR) is 111 cm³/mol. The number of anilines is 1. The predicted octanol–water partition coefficient (Wildman–Crippen LogP) is 1.59. The van der Waals surface area contributed by atoms with Crippen molar-refractivity contribution in [1.29, 1.82) is 0 Å². The fourth-order valence-electron chi connectivity index (χ4n) is 3.14.